The van der Waals surface area contributed by atoms with Crippen molar-refractivity contribution in [2.75, 3.05) is 26.3 Å². The predicted octanol–water partition coefficient (Wildman–Crippen LogP) is 2.14. The number of nitrogens with one attached hydrogen (secondary N) is 1. The van der Waals surface area contributed by atoms with E-state index in [4.69, 9.17) is 4.74 Å². The topological polar surface area (TPSA) is 41.6 Å². The highest BCUT2D eigenvalue weighted by Crippen LogP contribution is 2.20. The van der Waals surface area contributed by atoms with Gasteiger partial charge in [0.25, 0.3) is 0 Å². The summed E-state index contributed by atoms with van der Waals surface area (Å²) in [6.07, 6.45) is 6.66. The van der Waals surface area contributed by atoms with E-state index < -0.39 is 0 Å². The van der Waals surface area contributed by atoms with Crippen molar-refractivity contribution in [3.63, 3.8) is 0 Å². The standard InChI is InChI=1S/C13H24N2O2/c1-13(6-10-17-11-7-13)14-12(16)15-8-4-2-3-5-9-15/h2-11H2,1H3,(H,14,16). The van der Waals surface area contributed by atoms with Crippen molar-refractivity contribution in [1.29, 1.82) is 0 Å². The zero-order valence-corrected chi connectivity index (χ0v) is 10.8. The van der Waals surface area contributed by atoms with Gasteiger partial charge >= 0.3 is 6.03 Å². The summed E-state index contributed by atoms with van der Waals surface area (Å²) < 4.78 is 5.35. The summed E-state index contributed by atoms with van der Waals surface area (Å²) in [5, 5.41) is 3.20. The summed E-state index contributed by atoms with van der Waals surface area (Å²) in [7, 11) is 0. The maximum atomic E-state index is 12.2. The Morgan fingerprint density at radius 3 is 2.29 bits per heavy atom. The molecule has 2 saturated heterocycles. The van der Waals surface area contributed by atoms with E-state index in [0.717, 1.165) is 52.0 Å². The molecule has 0 radical (unpaired) electrons. The quantitative estimate of drug-likeness (QED) is 0.763. The van der Waals surface area contributed by atoms with Crippen LogP contribution in [0.1, 0.15) is 45.4 Å². The Labute approximate surface area is 104 Å². The van der Waals surface area contributed by atoms with Crippen molar-refractivity contribution < 1.29 is 9.53 Å². The molecule has 0 atom stereocenters. The Kier molecular flexibility index (Phi) is 4.26. The lowest BCUT2D eigenvalue weighted by Gasteiger charge is -2.36. The lowest BCUT2D eigenvalue weighted by Crippen LogP contribution is -2.54. The first-order valence-electron chi connectivity index (χ1n) is 6.84. The third kappa shape index (κ3) is 3.60. The van der Waals surface area contributed by atoms with E-state index in [-0.39, 0.29) is 11.6 Å². The molecule has 2 heterocycles. The van der Waals surface area contributed by atoms with Crippen LogP contribution in [0.3, 0.4) is 0 Å². The third-order valence-electron chi connectivity index (χ3n) is 3.90. The molecule has 4 heteroatoms. The molecule has 0 aromatic carbocycles. The largest absolute Gasteiger partial charge is 0.381 e. The van der Waals surface area contributed by atoms with Gasteiger partial charge in [-0.05, 0) is 32.6 Å². The van der Waals surface area contributed by atoms with Crippen molar-refractivity contribution in [2.24, 2.45) is 0 Å². The van der Waals surface area contributed by atoms with Crippen molar-refractivity contribution in [3.8, 4) is 0 Å². The fraction of sp³-hybridized carbons (Fsp3) is 0.923. The average Bonchev–Trinajstić information content (AvgIpc) is 2.57. The molecule has 4 nitrogen and oxygen atoms in total. The number of hydrogen-bond donors (Lipinski definition) is 1. The molecular weight excluding hydrogens is 216 g/mol. The SMILES string of the molecule is CC1(NC(=O)N2CCCCCC2)CCOCC1. The van der Waals surface area contributed by atoms with Crippen LogP contribution in [0.25, 0.3) is 0 Å². The zero-order valence-electron chi connectivity index (χ0n) is 10.8. The molecule has 2 aliphatic rings. The lowest BCUT2D eigenvalue weighted by atomic mass is 9.93. The number of urea groups is 1. The zero-order chi connectivity index (χ0) is 12.1. The smallest absolute Gasteiger partial charge is 0.317 e. The fourth-order valence-corrected chi connectivity index (χ4v) is 2.56. The van der Waals surface area contributed by atoms with Crippen LogP contribution in [-0.2, 0) is 4.74 Å². The van der Waals surface area contributed by atoms with Gasteiger partial charge in [-0.25, -0.2) is 4.79 Å². The second-order valence-corrected chi connectivity index (χ2v) is 5.50. The van der Waals surface area contributed by atoms with Crippen LogP contribution in [0, 0.1) is 0 Å². The second-order valence-electron chi connectivity index (χ2n) is 5.50. The fourth-order valence-electron chi connectivity index (χ4n) is 2.56. The summed E-state index contributed by atoms with van der Waals surface area (Å²) in [5.74, 6) is 0. The summed E-state index contributed by atoms with van der Waals surface area (Å²) in [6, 6.07) is 0.122. The highest BCUT2D eigenvalue weighted by Gasteiger charge is 2.30. The molecule has 0 aromatic rings. The number of likely N-dealkylation sites (tertiary alicyclic amines) is 1. The van der Waals surface area contributed by atoms with Crippen molar-refractivity contribution in [1.82, 2.24) is 10.2 Å². The van der Waals surface area contributed by atoms with E-state index in [1.54, 1.807) is 0 Å². The van der Waals surface area contributed by atoms with Crippen LogP contribution in [0.5, 0.6) is 0 Å². The van der Waals surface area contributed by atoms with Crippen LogP contribution in [0.2, 0.25) is 0 Å². The van der Waals surface area contributed by atoms with Crippen molar-refractivity contribution in [2.45, 2.75) is 51.0 Å². The van der Waals surface area contributed by atoms with Crippen molar-refractivity contribution in [3.05, 3.63) is 0 Å². The van der Waals surface area contributed by atoms with Crippen molar-refractivity contribution >= 4 is 6.03 Å². The van der Waals surface area contributed by atoms with Gasteiger partial charge in [0.2, 0.25) is 0 Å². The van der Waals surface area contributed by atoms with Gasteiger partial charge in [-0.3, -0.25) is 0 Å². The van der Waals surface area contributed by atoms with E-state index in [1.807, 2.05) is 4.90 Å². The number of ether oxygens (including phenoxy) is 1. The van der Waals surface area contributed by atoms with Gasteiger partial charge in [0.1, 0.15) is 0 Å². The van der Waals surface area contributed by atoms with E-state index in [9.17, 15) is 4.79 Å². The molecule has 17 heavy (non-hydrogen) atoms. The van der Waals surface area contributed by atoms with Gasteiger partial charge < -0.3 is 15.0 Å². The van der Waals surface area contributed by atoms with E-state index >= 15 is 0 Å². The maximum absolute atomic E-state index is 12.2. The van der Waals surface area contributed by atoms with Gasteiger partial charge in [-0.1, -0.05) is 12.8 Å². The van der Waals surface area contributed by atoms with Crippen LogP contribution < -0.4 is 5.32 Å². The summed E-state index contributed by atoms with van der Waals surface area (Å²) in [5.41, 5.74) is -0.0678. The number of carbonyl (C=O) groups is 1. The maximum Gasteiger partial charge on any atom is 0.317 e. The first kappa shape index (κ1) is 12.7. The number of carbonyl (C=O) groups excluding carboxylic acids is 1. The Balaban J connectivity index is 1.86. The Morgan fingerprint density at radius 2 is 1.71 bits per heavy atom. The Bertz CT molecular complexity index is 254. The molecule has 1 N–H and O–H groups in total. The van der Waals surface area contributed by atoms with Gasteiger partial charge in [0.15, 0.2) is 0 Å². The third-order valence-corrected chi connectivity index (χ3v) is 3.90. The normalized spacial score (nSPS) is 25.1. The van der Waals surface area contributed by atoms with Crippen LogP contribution in [0.15, 0.2) is 0 Å². The van der Waals surface area contributed by atoms with Crippen LogP contribution in [0.4, 0.5) is 4.79 Å². The number of nitrogens with zero attached hydrogens (tertiary/aromatic N) is 1. The summed E-state index contributed by atoms with van der Waals surface area (Å²) >= 11 is 0. The number of hydrogen-bond acceptors (Lipinski definition) is 2. The molecular formula is C13H24N2O2. The minimum absolute atomic E-state index is 0.0678. The molecule has 2 fully saturated rings. The highest BCUT2D eigenvalue weighted by atomic mass is 16.5. The predicted molar refractivity (Wildman–Crippen MR) is 67.0 cm³/mol. The molecule has 0 unspecified atom stereocenters. The number of amides is 2. The van der Waals surface area contributed by atoms with Gasteiger partial charge in [0, 0.05) is 31.8 Å². The minimum Gasteiger partial charge on any atom is -0.381 e. The molecule has 0 spiro atoms. The average molecular weight is 240 g/mol. The molecule has 2 amide bonds. The highest BCUT2D eigenvalue weighted by molar-refractivity contribution is 5.75. The van der Waals surface area contributed by atoms with Crippen LogP contribution >= 0.6 is 0 Å². The summed E-state index contributed by atoms with van der Waals surface area (Å²) in [4.78, 5) is 14.2. The molecule has 98 valence electrons. The minimum atomic E-state index is -0.0678. The molecule has 2 aliphatic heterocycles. The Hall–Kier alpha value is -0.770. The first-order valence-corrected chi connectivity index (χ1v) is 6.84. The van der Waals surface area contributed by atoms with E-state index in [0.29, 0.717) is 0 Å². The lowest BCUT2D eigenvalue weighted by molar-refractivity contribution is 0.0468. The first-order chi connectivity index (χ1) is 8.20. The molecule has 2 rings (SSSR count). The molecule has 0 bridgehead atoms. The van der Waals surface area contributed by atoms with E-state index in [1.165, 1.54) is 12.8 Å². The number of rotatable bonds is 1. The Morgan fingerprint density at radius 1 is 1.12 bits per heavy atom. The van der Waals surface area contributed by atoms with Gasteiger partial charge in [-0.15, -0.1) is 0 Å². The molecule has 0 aliphatic carbocycles. The second kappa shape index (κ2) is 5.71. The van der Waals surface area contributed by atoms with Gasteiger partial charge in [-0.2, -0.15) is 0 Å². The molecule has 0 aromatic heterocycles. The van der Waals surface area contributed by atoms with Gasteiger partial charge in [0.05, 0.1) is 0 Å². The van der Waals surface area contributed by atoms with E-state index in [2.05, 4.69) is 12.2 Å². The molecule has 0 saturated carbocycles. The van der Waals surface area contributed by atoms with Crippen LogP contribution in [-0.4, -0.2) is 42.8 Å². The monoisotopic (exact) mass is 240 g/mol. The summed E-state index contributed by atoms with van der Waals surface area (Å²) in [6.45, 7) is 5.48.